The summed E-state index contributed by atoms with van der Waals surface area (Å²) in [7, 11) is 0. The van der Waals surface area contributed by atoms with Gasteiger partial charge in [0.2, 0.25) is 0 Å². The number of nitrogens with two attached hydrogens (primary N) is 1. The van der Waals surface area contributed by atoms with E-state index in [1.807, 2.05) is 0 Å². The number of hydrogen-bond donors (Lipinski definition) is 1. The molecule has 4 atom stereocenters. The Kier molecular flexibility index (Phi) is 3.13. The van der Waals surface area contributed by atoms with Gasteiger partial charge in [0.1, 0.15) is 0 Å². The second-order valence-corrected chi connectivity index (χ2v) is 6.27. The minimum Gasteiger partial charge on any atom is -0.327 e. The van der Waals surface area contributed by atoms with Crippen molar-refractivity contribution < 1.29 is 4.79 Å². The summed E-state index contributed by atoms with van der Waals surface area (Å²) in [6.07, 6.45) is 3.38. The molecule has 2 nitrogen and oxygen atoms in total. The van der Waals surface area contributed by atoms with Crippen LogP contribution in [0.15, 0.2) is 18.2 Å². The van der Waals surface area contributed by atoms with Crippen LogP contribution in [-0.2, 0) is 0 Å². The SMILES string of the molecule is NC1C2CCC(C2)C1C(=O)c1cc(Cl)ccc1Cl. The van der Waals surface area contributed by atoms with Crippen LogP contribution in [0.5, 0.6) is 0 Å². The number of carbonyl (C=O) groups excluding carboxylic acids is 1. The van der Waals surface area contributed by atoms with Crippen LogP contribution in [0.1, 0.15) is 29.6 Å². The van der Waals surface area contributed by atoms with Crippen molar-refractivity contribution in [3.05, 3.63) is 33.8 Å². The second kappa shape index (κ2) is 4.52. The van der Waals surface area contributed by atoms with Crippen molar-refractivity contribution >= 4 is 29.0 Å². The van der Waals surface area contributed by atoms with Gasteiger partial charge >= 0.3 is 0 Å². The van der Waals surface area contributed by atoms with Gasteiger partial charge in [-0.15, -0.1) is 0 Å². The van der Waals surface area contributed by atoms with Gasteiger partial charge in [-0.3, -0.25) is 4.79 Å². The molecule has 4 unspecified atom stereocenters. The molecule has 0 aliphatic heterocycles. The largest absolute Gasteiger partial charge is 0.327 e. The zero-order valence-corrected chi connectivity index (χ0v) is 11.4. The maximum atomic E-state index is 12.6. The van der Waals surface area contributed by atoms with Gasteiger partial charge in [-0.2, -0.15) is 0 Å². The van der Waals surface area contributed by atoms with Gasteiger partial charge in [0.05, 0.1) is 5.02 Å². The van der Waals surface area contributed by atoms with Crippen LogP contribution in [0.25, 0.3) is 0 Å². The van der Waals surface area contributed by atoms with Crippen LogP contribution in [0.2, 0.25) is 10.0 Å². The van der Waals surface area contributed by atoms with Crippen LogP contribution >= 0.6 is 23.2 Å². The number of fused-ring (bicyclic) bond motifs is 2. The standard InChI is InChI=1S/C14H15Cl2NO/c15-9-3-4-11(16)10(6-9)14(18)12-7-1-2-8(5-7)13(12)17/h3-4,6-8,12-13H,1-2,5,17H2. The number of rotatable bonds is 2. The Morgan fingerprint density at radius 2 is 1.94 bits per heavy atom. The Labute approximate surface area is 116 Å². The van der Waals surface area contributed by atoms with Crippen molar-refractivity contribution in [3.8, 4) is 0 Å². The molecule has 3 rings (SSSR count). The maximum absolute atomic E-state index is 12.6. The van der Waals surface area contributed by atoms with E-state index in [1.165, 1.54) is 6.42 Å². The summed E-state index contributed by atoms with van der Waals surface area (Å²) >= 11 is 12.0. The van der Waals surface area contributed by atoms with Crippen molar-refractivity contribution in [2.75, 3.05) is 0 Å². The number of hydrogen-bond acceptors (Lipinski definition) is 2. The Morgan fingerprint density at radius 1 is 1.22 bits per heavy atom. The molecule has 1 aromatic carbocycles. The van der Waals surface area contributed by atoms with Crippen molar-refractivity contribution in [1.82, 2.24) is 0 Å². The summed E-state index contributed by atoms with van der Waals surface area (Å²) in [5.74, 6) is 0.955. The number of halogens is 2. The molecule has 2 N–H and O–H groups in total. The molecular formula is C14H15Cl2NO. The molecule has 96 valence electrons. The summed E-state index contributed by atoms with van der Waals surface area (Å²) in [4.78, 5) is 12.6. The molecule has 0 spiro atoms. The quantitative estimate of drug-likeness (QED) is 0.844. The highest BCUT2D eigenvalue weighted by Crippen LogP contribution is 2.49. The Balaban J connectivity index is 1.93. The van der Waals surface area contributed by atoms with E-state index in [0.29, 0.717) is 27.4 Å². The zero-order valence-electron chi connectivity index (χ0n) is 9.90. The van der Waals surface area contributed by atoms with Crippen LogP contribution in [0.3, 0.4) is 0 Å². The van der Waals surface area contributed by atoms with E-state index in [2.05, 4.69) is 0 Å². The van der Waals surface area contributed by atoms with Gasteiger partial charge in [-0.05, 0) is 49.3 Å². The molecular weight excluding hydrogens is 269 g/mol. The monoisotopic (exact) mass is 283 g/mol. The van der Waals surface area contributed by atoms with Gasteiger partial charge in [-0.1, -0.05) is 23.2 Å². The van der Waals surface area contributed by atoms with Crippen LogP contribution in [0, 0.1) is 17.8 Å². The number of benzene rings is 1. The van der Waals surface area contributed by atoms with Crippen molar-refractivity contribution in [2.45, 2.75) is 25.3 Å². The van der Waals surface area contributed by atoms with Gasteiger partial charge < -0.3 is 5.73 Å². The van der Waals surface area contributed by atoms with Crippen LogP contribution < -0.4 is 5.73 Å². The first kappa shape index (κ1) is 12.5. The topological polar surface area (TPSA) is 43.1 Å². The molecule has 0 radical (unpaired) electrons. The molecule has 2 fully saturated rings. The third-order valence-corrected chi connectivity index (χ3v) is 5.04. The lowest BCUT2D eigenvalue weighted by Crippen LogP contribution is -2.40. The smallest absolute Gasteiger partial charge is 0.169 e. The summed E-state index contributed by atoms with van der Waals surface area (Å²) < 4.78 is 0. The zero-order chi connectivity index (χ0) is 12.9. The van der Waals surface area contributed by atoms with Crippen LogP contribution in [0.4, 0.5) is 0 Å². The average Bonchev–Trinajstić information content (AvgIpc) is 2.92. The summed E-state index contributed by atoms with van der Waals surface area (Å²) in [6.45, 7) is 0. The third-order valence-electron chi connectivity index (χ3n) is 4.48. The average molecular weight is 284 g/mol. The molecule has 2 saturated carbocycles. The van der Waals surface area contributed by atoms with E-state index in [9.17, 15) is 4.79 Å². The lowest BCUT2D eigenvalue weighted by atomic mass is 9.80. The number of ketones is 1. The fourth-order valence-corrected chi connectivity index (χ4v) is 3.97. The first-order chi connectivity index (χ1) is 8.58. The normalized spacial score (nSPS) is 33.9. The molecule has 2 bridgehead atoms. The van der Waals surface area contributed by atoms with E-state index in [0.717, 1.165) is 12.8 Å². The summed E-state index contributed by atoms with van der Waals surface area (Å²) in [5, 5.41) is 1.01. The number of carbonyl (C=O) groups is 1. The highest BCUT2D eigenvalue weighted by atomic mass is 35.5. The Hall–Kier alpha value is -0.570. The van der Waals surface area contributed by atoms with Crippen molar-refractivity contribution in [1.29, 1.82) is 0 Å². The summed E-state index contributed by atoms with van der Waals surface area (Å²) in [6, 6.07) is 5.02. The maximum Gasteiger partial charge on any atom is 0.169 e. The highest BCUT2D eigenvalue weighted by Gasteiger charge is 2.49. The Morgan fingerprint density at radius 3 is 2.61 bits per heavy atom. The predicted molar refractivity (Wildman–Crippen MR) is 73.1 cm³/mol. The molecule has 0 heterocycles. The van der Waals surface area contributed by atoms with Gasteiger partial charge in [0.25, 0.3) is 0 Å². The van der Waals surface area contributed by atoms with Gasteiger partial charge in [-0.25, -0.2) is 0 Å². The molecule has 18 heavy (non-hydrogen) atoms. The van der Waals surface area contributed by atoms with Crippen LogP contribution in [-0.4, -0.2) is 11.8 Å². The molecule has 2 aliphatic rings. The highest BCUT2D eigenvalue weighted by molar-refractivity contribution is 6.36. The molecule has 0 saturated heterocycles. The molecule has 0 amide bonds. The summed E-state index contributed by atoms with van der Waals surface area (Å²) in [5.41, 5.74) is 6.72. The lowest BCUT2D eigenvalue weighted by molar-refractivity contribution is 0.0856. The van der Waals surface area contributed by atoms with Crippen molar-refractivity contribution in [2.24, 2.45) is 23.5 Å². The fraction of sp³-hybridized carbons (Fsp3) is 0.500. The molecule has 4 heteroatoms. The first-order valence-corrected chi connectivity index (χ1v) is 7.08. The minimum absolute atomic E-state index is 0.00806. The first-order valence-electron chi connectivity index (χ1n) is 6.33. The minimum atomic E-state index is -0.0697. The van der Waals surface area contributed by atoms with Crippen molar-refractivity contribution in [3.63, 3.8) is 0 Å². The lowest BCUT2D eigenvalue weighted by Gasteiger charge is -2.27. The third kappa shape index (κ3) is 1.87. The van der Waals surface area contributed by atoms with Gasteiger partial charge in [0.15, 0.2) is 5.78 Å². The predicted octanol–water partition coefficient (Wildman–Crippen LogP) is 3.55. The van der Waals surface area contributed by atoms with E-state index in [4.69, 9.17) is 28.9 Å². The van der Waals surface area contributed by atoms with Gasteiger partial charge in [0, 0.05) is 22.5 Å². The number of Topliss-reactive ketones (excluding diaryl/α,β-unsaturated/α-hetero) is 1. The van der Waals surface area contributed by atoms with E-state index in [-0.39, 0.29) is 17.7 Å². The molecule has 2 aliphatic carbocycles. The Bertz CT molecular complexity index is 501. The molecule has 0 aromatic heterocycles. The van der Waals surface area contributed by atoms with E-state index in [1.54, 1.807) is 18.2 Å². The second-order valence-electron chi connectivity index (χ2n) is 5.42. The fourth-order valence-electron chi connectivity index (χ4n) is 3.59. The molecule has 1 aromatic rings. The van der Waals surface area contributed by atoms with E-state index < -0.39 is 0 Å². The van der Waals surface area contributed by atoms with E-state index >= 15 is 0 Å².